The van der Waals surface area contributed by atoms with Gasteiger partial charge in [0, 0.05) is 32.6 Å². The van der Waals surface area contributed by atoms with Gasteiger partial charge in [0.25, 0.3) is 0 Å². The molecule has 49 heavy (non-hydrogen) atoms. The highest BCUT2D eigenvalue weighted by atomic mass is 32.5. The van der Waals surface area contributed by atoms with Gasteiger partial charge in [0.1, 0.15) is 12.2 Å². The van der Waals surface area contributed by atoms with E-state index >= 15 is 0 Å². The predicted octanol–water partition coefficient (Wildman–Crippen LogP) is 7.01. The van der Waals surface area contributed by atoms with E-state index in [4.69, 9.17) is 69.1 Å². The molecule has 1 N–H and O–H groups in total. The second-order valence-electron chi connectivity index (χ2n) is 13.8. The van der Waals surface area contributed by atoms with Crippen molar-refractivity contribution in [3.63, 3.8) is 0 Å². The van der Waals surface area contributed by atoms with Gasteiger partial charge in [0.15, 0.2) is 0 Å². The summed E-state index contributed by atoms with van der Waals surface area (Å²) in [6.07, 6.45) is -1.98. The molecule has 0 aromatic rings. The molecule has 3 heterocycles. The molecule has 12 nitrogen and oxygen atoms in total. The third-order valence-corrected chi connectivity index (χ3v) is 13.7. The van der Waals surface area contributed by atoms with E-state index in [-0.39, 0.29) is 45.3 Å². The highest BCUT2D eigenvalue weighted by Gasteiger charge is 2.44. The van der Waals surface area contributed by atoms with Crippen LogP contribution in [0.4, 0.5) is 0 Å². The number of hydrogen-bond donors (Lipinski definition) is 1. The Morgan fingerprint density at radius 1 is 0.878 bits per heavy atom. The smallest absolute Gasteiger partial charge is 0.327 e. The van der Waals surface area contributed by atoms with Crippen LogP contribution in [0.1, 0.15) is 97.0 Å². The van der Waals surface area contributed by atoms with Crippen molar-refractivity contribution in [3.05, 3.63) is 12.7 Å². The zero-order chi connectivity index (χ0) is 38.9. The summed E-state index contributed by atoms with van der Waals surface area (Å²) in [4.78, 5) is 0. The fourth-order valence-corrected chi connectivity index (χ4v) is 10.6. The fraction of sp³-hybridized carbons (Fsp3) is 0.879. The van der Waals surface area contributed by atoms with Crippen LogP contribution in [0.5, 0.6) is 0 Å². The fourth-order valence-electron chi connectivity index (χ4n) is 5.48. The molecular weight excluding hydrogens is 710 g/mol. The molecule has 280 valence electrons. The van der Waals surface area contributed by atoms with Crippen LogP contribution in [-0.4, -0.2) is 86.9 Å². The summed E-state index contributed by atoms with van der Waals surface area (Å²) < 4.78 is 79.8. The third-order valence-electron chi connectivity index (χ3n) is 9.02. The molecule has 0 radical (unpaired) electrons. The standard InChI is InChI=1S/C33H56N2O10P2S2/c1-8-16-33(7,10-3)31(12-18-35)45-47(49,42-26-14-20-37-25(26)9-2)41-23-29-27(15-21-39-29)43-46(48,40-22-28-24(36)13-19-38-28)44-30(11-17-34)32(4,5)6/h8,24-31,36H,1,9-16,19-23H2,2-7H3/i19T,20T,21T. The summed E-state index contributed by atoms with van der Waals surface area (Å²) in [5.41, 5.74) is -1.05. The molecule has 3 saturated heterocycles. The van der Waals surface area contributed by atoms with Crippen LogP contribution in [0.3, 0.4) is 0 Å². The first kappa shape index (κ1) is 38.3. The van der Waals surface area contributed by atoms with Crippen molar-refractivity contribution in [2.75, 3.05) is 33.0 Å². The molecule has 0 aromatic carbocycles. The van der Waals surface area contributed by atoms with Crippen LogP contribution in [0.2, 0.25) is 0 Å². The lowest BCUT2D eigenvalue weighted by Crippen LogP contribution is -2.35. The normalized spacial score (nSPS) is 36.2. The van der Waals surface area contributed by atoms with E-state index in [0.29, 0.717) is 19.3 Å². The lowest BCUT2D eigenvalue weighted by molar-refractivity contribution is -0.0332. The van der Waals surface area contributed by atoms with Gasteiger partial charge < -0.3 is 46.5 Å². The van der Waals surface area contributed by atoms with Crippen LogP contribution in [0.15, 0.2) is 12.7 Å². The van der Waals surface area contributed by atoms with Crippen molar-refractivity contribution < 1.29 is 50.6 Å². The maximum Gasteiger partial charge on any atom is 0.327 e. The molecule has 14 atom stereocenters. The summed E-state index contributed by atoms with van der Waals surface area (Å²) in [6.45, 7) is 4.83. The number of allylic oxidation sites excluding steroid dienone is 1. The topological polar surface area (TPSA) is 151 Å². The minimum atomic E-state index is -3.74. The lowest BCUT2D eigenvalue weighted by atomic mass is 9.77. The largest absolute Gasteiger partial charge is 0.390 e. The molecule has 3 rings (SSSR count). The molecule has 0 amide bonds. The van der Waals surface area contributed by atoms with Gasteiger partial charge in [-0.3, -0.25) is 0 Å². The summed E-state index contributed by atoms with van der Waals surface area (Å²) in [7, 11) is 0. The monoisotopic (exact) mass is 772 g/mol. The molecular formula is C33H56N2O10P2S2. The van der Waals surface area contributed by atoms with Crippen molar-refractivity contribution in [1.82, 2.24) is 0 Å². The molecule has 3 aliphatic rings. The van der Waals surface area contributed by atoms with Crippen molar-refractivity contribution in [1.29, 1.82) is 10.5 Å². The molecule has 0 spiro atoms. The van der Waals surface area contributed by atoms with Gasteiger partial charge in [-0.1, -0.05) is 47.6 Å². The van der Waals surface area contributed by atoms with Gasteiger partial charge in [0.2, 0.25) is 0 Å². The number of hydrogen-bond acceptors (Lipinski definition) is 14. The van der Waals surface area contributed by atoms with E-state index in [0.717, 1.165) is 0 Å². The predicted molar refractivity (Wildman–Crippen MR) is 192 cm³/mol. The highest BCUT2D eigenvalue weighted by molar-refractivity contribution is 8.07. The molecule has 0 aromatic heterocycles. The van der Waals surface area contributed by atoms with E-state index in [1.54, 1.807) is 6.08 Å². The van der Waals surface area contributed by atoms with E-state index in [1.165, 1.54) is 0 Å². The van der Waals surface area contributed by atoms with Gasteiger partial charge in [-0.05, 0) is 60.1 Å². The molecule has 3 aliphatic heterocycles. The first-order valence-corrected chi connectivity index (χ1v) is 21.9. The second kappa shape index (κ2) is 19.6. The summed E-state index contributed by atoms with van der Waals surface area (Å²) in [5, 5.41) is 29.7. The lowest BCUT2D eigenvalue weighted by Gasteiger charge is -2.39. The zero-order valence-electron chi connectivity index (χ0n) is 32.4. The first-order chi connectivity index (χ1) is 24.3. The van der Waals surface area contributed by atoms with Crippen LogP contribution in [0.25, 0.3) is 0 Å². The van der Waals surface area contributed by atoms with E-state index in [9.17, 15) is 15.6 Å². The molecule has 14 unspecified atom stereocenters. The maximum absolute atomic E-state index is 10.4. The maximum atomic E-state index is 10.4. The minimum Gasteiger partial charge on any atom is -0.390 e. The zero-order valence-corrected chi connectivity index (χ0v) is 32.9. The Kier molecular flexibility index (Phi) is 15.4. The van der Waals surface area contributed by atoms with Crippen molar-refractivity contribution in [2.24, 2.45) is 10.8 Å². The minimum absolute atomic E-state index is 0.00638. The quantitative estimate of drug-likeness (QED) is 0.0941. The Morgan fingerprint density at radius 3 is 1.86 bits per heavy atom. The van der Waals surface area contributed by atoms with Crippen molar-refractivity contribution in [2.45, 2.75) is 142 Å². The second-order valence-corrected chi connectivity index (χ2v) is 19.6. The van der Waals surface area contributed by atoms with Gasteiger partial charge in [-0.25, -0.2) is 0 Å². The Bertz CT molecular complexity index is 1360. The molecule has 3 fully saturated rings. The third kappa shape index (κ3) is 12.6. The Labute approximate surface area is 307 Å². The van der Waals surface area contributed by atoms with Crippen molar-refractivity contribution in [3.8, 4) is 12.1 Å². The average molecular weight is 773 g/mol. The average Bonchev–Trinajstić information content (AvgIpc) is 3.71. The van der Waals surface area contributed by atoms with Crippen LogP contribution in [-0.2, 0) is 65.0 Å². The summed E-state index contributed by atoms with van der Waals surface area (Å²) >= 11 is 11.9. The Balaban J connectivity index is 1.90. The molecule has 16 heteroatoms. The van der Waals surface area contributed by atoms with Crippen molar-refractivity contribution >= 4 is 37.1 Å². The van der Waals surface area contributed by atoms with Gasteiger partial charge in [-0.15, -0.1) is 6.58 Å². The number of ether oxygens (including phenoxy) is 3. The molecule has 0 saturated carbocycles. The van der Waals surface area contributed by atoms with Crippen LogP contribution >= 0.6 is 13.4 Å². The first-order valence-electron chi connectivity index (χ1n) is 18.5. The number of nitriles is 2. The van der Waals surface area contributed by atoms with Gasteiger partial charge in [0.05, 0.1) is 78.9 Å². The molecule has 0 aliphatic carbocycles. The van der Waals surface area contributed by atoms with Crippen LogP contribution in [0, 0.1) is 33.5 Å². The summed E-state index contributed by atoms with van der Waals surface area (Å²) in [6, 6.07) is 4.33. The number of nitrogens with zero attached hydrogens (tertiary/aromatic N) is 2. The number of rotatable bonds is 21. The van der Waals surface area contributed by atoms with E-state index < -0.39 is 92.8 Å². The number of aliphatic hydroxyl groups is 1. The van der Waals surface area contributed by atoms with Gasteiger partial charge in [-0.2, -0.15) is 10.5 Å². The SMILES string of the molecule is [3H]C1CC(O)C(COP(=S)(OC2CC([3H])OC2COP(=S)(OC2CC([3H])OC2CC)OC(CC#N)C(C)(CC)CC=C)OC(CC#N)C(C)(C)C)O1. The number of aliphatic hydroxyl groups excluding tert-OH is 1. The van der Waals surface area contributed by atoms with Crippen LogP contribution < -0.4 is 0 Å². The Hall–Kier alpha value is -0.380. The molecule has 0 bridgehead atoms. The summed E-state index contributed by atoms with van der Waals surface area (Å²) in [5.74, 6) is 0. The Morgan fingerprint density at radius 2 is 1.37 bits per heavy atom. The highest BCUT2D eigenvalue weighted by Crippen LogP contribution is 2.58. The van der Waals surface area contributed by atoms with Gasteiger partial charge >= 0.3 is 13.4 Å². The van der Waals surface area contributed by atoms with E-state index in [2.05, 4.69) is 18.7 Å². The van der Waals surface area contributed by atoms with E-state index in [1.807, 2.05) is 41.5 Å².